The molecule has 1 aromatic heterocycles. The second-order valence-electron chi connectivity index (χ2n) is 2.30. The number of hydrogen-bond donors (Lipinski definition) is 0. The van der Waals surface area contributed by atoms with Crippen molar-refractivity contribution in [2.75, 3.05) is 0 Å². The van der Waals surface area contributed by atoms with Gasteiger partial charge in [0.2, 0.25) is 0 Å². The van der Waals surface area contributed by atoms with Gasteiger partial charge in [-0.25, -0.2) is 4.98 Å². The molecule has 0 aliphatic rings. The normalized spacial score (nSPS) is 11.5. The Balaban J connectivity index is 2.92. The molecule has 0 atom stereocenters. The molecule has 1 heterocycles. The first-order valence-corrected chi connectivity index (χ1v) is 4.71. The molecule has 0 N–H and O–H groups in total. The fraction of sp³-hybridized carbons (Fsp3) is 0.286. The lowest BCUT2D eigenvalue weighted by Crippen LogP contribution is -2.17. The zero-order chi connectivity index (χ0) is 10.8. The number of halogens is 5. The molecule has 0 saturated heterocycles. The van der Waals surface area contributed by atoms with Crippen LogP contribution in [0.25, 0.3) is 0 Å². The van der Waals surface area contributed by atoms with Crippen molar-refractivity contribution in [1.82, 2.24) is 4.98 Å². The first-order chi connectivity index (χ1) is 6.40. The predicted molar refractivity (Wildman–Crippen MR) is 48.2 cm³/mol. The van der Waals surface area contributed by atoms with Crippen molar-refractivity contribution in [2.24, 2.45) is 0 Å². The number of hydrogen-bond acceptors (Lipinski definition) is 2. The van der Waals surface area contributed by atoms with E-state index in [9.17, 15) is 13.2 Å². The Morgan fingerprint density at radius 1 is 1.43 bits per heavy atom. The molecule has 0 radical (unpaired) electrons. The summed E-state index contributed by atoms with van der Waals surface area (Å²) in [6.45, 7) is 0. The molecule has 0 aliphatic heterocycles. The Kier molecular flexibility index (Phi) is 3.60. The summed E-state index contributed by atoms with van der Waals surface area (Å²) < 4.78 is 39.4. The van der Waals surface area contributed by atoms with Gasteiger partial charge in [-0.1, -0.05) is 0 Å². The maximum Gasteiger partial charge on any atom is 0.573 e. The van der Waals surface area contributed by atoms with E-state index in [1.165, 1.54) is 0 Å². The van der Waals surface area contributed by atoms with Crippen LogP contribution in [0.4, 0.5) is 13.2 Å². The van der Waals surface area contributed by atoms with Gasteiger partial charge in [-0.15, -0.1) is 24.8 Å². The maximum absolute atomic E-state index is 11.8. The summed E-state index contributed by atoms with van der Waals surface area (Å²) in [5.41, 5.74) is 0.306. The number of aromatic nitrogens is 1. The van der Waals surface area contributed by atoms with Crippen LogP contribution in [-0.2, 0) is 5.88 Å². The van der Waals surface area contributed by atoms with Crippen molar-refractivity contribution in [3.05, 3.63) is 22.4 Å². The molecule has 0 bridgehead atoms. The highest BCUT2D eigenvalue weighted by atomic mass is 79.9. The van der Waals surface area contributed by atoms with Crippen LogP contribution < -0.4 is 4.74 Å². The van der Waals surface area contributed by atoms with Gasteiger partial charge in [0.1, 0.15) is 10.4 Å². The average molecular weight is 290 g/mol. The van der Waals surface area contributed by atoms with Crippen molar-refractivity contribution in [3.8, 4) is 5.75 Å². The Hall–Kier alpha value is -0.490. The zero-order valence-corrected chi connectivity index (χ0v) is 8.95. The minimum absolute atomic E-state index is 0.0215. The fourth-order valence-electron chi connectivity index (χ4n) is 0.786. The van der Waals surface area contributed by atoms with Gasteiger partial charge in [-0.3, -0.25) is 0 Å². The summed E-state index contributed by atoms with van der Waals surface area (Å²) in [6, 6.07) is 2.24. The van der Waals surface area contributed by atoms with E-state index in [1.54, 1.807) is 0 Å². The monoisotopic (exact) mass is 289 g/mol. The molecule has 0 fully saturated rings. The van der Waals surface area contributed by atoms with Gasteiger partial charge in [-0.05, 0) is 15.9 Å². The number of pyridine rings is 1. The van der Waals surface area contributed by atoms with Gasteiger partial charge in [0.05, 0.1) is 11.6 Å². The second kappa shape index (κ2) is 4.35. The van der Waals surface area contributed by atoms with Crippen LogP contribution in [0.15, 0.2) is 16.7 Å². The molecular weight excluding hydrogens is 286 g/mol. The molecule has 0 aromatic carbocycles. The third-order valence-corrected chi connectivity index (χ3v) is 1.87. The first-order valence-electron chi connectivity index (χ1n) is 3.39. The Morgan fingerprint density at radius 3 is 2.57 bits per heavy atom. The van der Waals surface area contributed by atoms with Crippen LogP contribution >= 0.6 is 27.5 Å². The summed E-state index contributed by atoms with van der Waals surface area (Å²) in [6.07, 6.45) is -4.70. The SMILES string of the molecule is FC(F)(F)Oc1cc(Br)nc(CCl)c1. The minimum atomic E-state index is -4.70. The van der Waals surface area contributed by atoms with Gasteiger partial charge in [0, 0.05) is 12.1 Å². The molecule has 7 heteroatoms. The topological polar surface area (TPSA) is 22.1 Å². The molecule has 0 spiro atoms. The minimum Gasteiger partial charge on any atom is -0.406 e. The number of ether oxygens (including phenoxy) is 1. The fourth-order valence-corrected chi connectivity index (χ4v) is 1.38. The number of alkyl halides is 4. The third kappa shape index (κ3) is 3.71. The van der Waals surface area contributed by atoms with Crippen LogP contribution in [0.3, 0.4) is 0 Å². The summed E-state index contributed by atoms with van der Waals surface area (Å²) in [4.78, 5) is 3.82. The molecule has 14 heavy (non-hydrogen) atoms. The van der Waals surface area contributed by atoms with E-state index in [-0.39, 0.29) is 16.2 Å². The summed E-state index contributed by atoms with van der Waals surface area (Å²) in [5.74, 6) is -0.316. The summed E-state index contributed by atoms with van der Waals surface area (Å²) >= 11 is 8.37. The van der Waals surface area contributed by atoms with Crippen LogP contribution in [0.5, 0.6) is 5.75 Å². The average Bonchev–Trinajstić information content (AvgIpc) is 1.99. The highest BCUT2D eigenvalue weighted by Gasteiger charge is 2.31. The number of rotatable bonds is 2. The predicted octanol–water partition coefficient (Wildman–Crippen LogP) is 3.48. The van der Waals surface area contributed by atoms with E-state index in [1.807, 2.05) is 0 Å². The first kappa shape index (κ1) is 11.6. The Bertz CT molecular complexity index is 331. The van der Waals surface area contributed by atoms with E-state index in [0.29, 0.717) is 5.69 Å². The Morgan fingerprint density at radius 2 is 2.07 bits per heavy atom. The quantitative estimate of drug-likeness (QED) is 0.614. The molecule has 78 valence electrons. The van der Waals surface area contributed by atoms with Gasteiger partial charge in [0.25, 0.3) is 0 Å². The van der Waals surface area contributed by atoms with Crippen molar-refractivity contribution >= 4 is 27.5 Å². The van der Waals surface area contributed by atoms with E-state index in [2.05, 4.69) is 25.7 Å². The van der Waals surface area contributed by atoms with Crippen LogP contribution in [0, 0.1) is 0 Å². The molecule has 0 saturated carbocycles. The van der Waals surface area contributed by atoms with Crippen LogP contribution in [0.1, 0.15) is 5.69 Å². The van der Waals surface area contributed by atoms with Crippen LogP contribution in [-0.4, -0.2) is 11.3 Å². The highest BCUT2D eigenvalue weighted by Crippen LogP contribution is 2.25. The van der Waals surface area contributed by atoms with Crippen molar-refractivity contribution < 1.29 is 17.9 Å². The van der Waals surface area contributed by atoms with Gasteiger partial charge >= 0.3 is 6.36 Å². The van der Waals surface area contributed by atoms with Gasteiger partial charge in [0.15, 0.2) is 0 Å². The molecule has 0 amide bonds. The van der Waals surface area contributed by atoms with Crippen LogP contribution in [0.2, 0.25) is 0 Å². The zero-order valence-electron chi connectivity index (χ0n) is 6.61. The van der Waals surface area contributed by atoms with Crippen molar-refractivity contribution in [1.29, 1.82) is 0 Å². The van der Waals surface area contributed by atoms with Crippen molar-refractivity contribution in [3.63, 3.8) is 0 Å². The lowest BCUT2D eigenvalue weighted by molar-refractivity contribution is -0.274. The molecule has 0 aliphatic carbocycles. The third-order valence-electron chi connectivity index (χ3n) is 1.19. The van der Waals surface area contributed by atoms with E-state index >= 15 is 0 Å². The summed E-state index contributed by atoms with van der Waals surface area (Å²) in [5, 5.41) is 0. The Labute approximate surface area is 91.2 Å². The maximum atomic E-state index is 11.8. The van der Waals surface area contributed by atoms with E-state index < -0.39 is 6.36 Å². The lowest BCUT2D eigenvalue weighted by Gasteiger charge is -2.09. The molecule has 1 aromatic rings. The number of nitrogens with zero attached hydrogens (tertiary/aromatic N) is 1. The standard InChI is InChI=1S/C7H4BrClF3NO/c8-6-2-5(14-7(10,11)12)1-4(3-9)13-6/h1-2H,3H2. The van der Waals surface area contributed by atoms with E-state index in [0.717, 1.165) is 12.1 Å². The van der Waals surface area contributed by atoms with Crippen molar-refractivity contribution in [2.45, 2.75) is 12.2 Å². The smallest absolute Gasteiger partial charge is 0.406 e. The van der Waals surface area contributed by atoms with Gasteiger partial charge < -0.3 is 4.74 Å². The second-order valence-corrected chi connectivity index (χ2v) is 3.38. The molecular formula is C7H4BrClF3NO. The lowest BCUT2D eigenvalue weighted by atomic mass is 10.3. The molecule has 1 rings (SSSR count). The largest absolute Gasteiger partial charge is 0.573 e. The summed E-state index contributed by atoms with van der Waals surface area (Å²) in [7, 11) is 0. The molecule has 2 nitrogen and oxygen atoms in total. The highest BCUT2D eigenvalue weighted by molar-refractivity contribution is 9.10. The van der Waals surface area contributed by atoms with E-state index in [4.69, 9.17) is 11.6 Å². The van der Waals surface area contributed by atoms with Gasteiger partial charge in [-0.2, -0.15) is 0 Å². The molecule has 0 unspecified atom stereocenters.